The van der Waals surface area contributed by atoms with E-state index >= 15 is 0 Å². The molecule has 0 aliphatic carbocycles. The Kier molecular flexibility index (Phi) is 4.37. The van der Waals surface area contributed by atoms with Gasteiger partial charge in [-0.15, -0.1) is 0 Å². The SMILES string of the molecule is CC(C)(C)OC(=O)N1CC=CC(n2c3ccc(F)cc3c3cc(F)ccc32)C1. The lowest BCUT2D eigenvalue weighted by atomic mass is 10.1. The summed E-state index contributed by atoms with van der Waals surface area (Å²) in [5.41, 5.74) is 1.01. The lowest BCUT2D eigenvalue weighted by Gasteiger charge is -2.32. The first-order valence-electron chi connectivity index (χ1n) is 9.26. The third-order valence-corrected chi connectivity index (χ3v) is 4.80. The molecule has 2 aromatic carbocycles. The molecule has 4 rings (SSSR count). The van der Waals surface area contributed by atoms with Crippen LogP contribution in [-0.2, 0) is 4.74 Å². The third-order valence-electron chi connectivity index (χ3n) is 4.80. The van der Waals surface area contributed by atoms with Crippen molar-refractivity contribution >= 4 is 27.9 Å². The standard InChI is InChI=1S/C22H22F2N2O2/c1-22(2,3)28-21(27)25-10-4-5-16(13-25)26-19-8-6-14(23)11-17(19)18-12-15(24)7-9-20(18)26/h4-9,11-12,16H,10,13H2,1-3H3. The highest BCUT2D eigenvalue weighted by Crippen LogP contribution is 2.34. The number of nitrogens with zero attached hydrogens (tertiary/aromatic N) is 2. The van der Waals surface area contributed by atoms with Crippen LogP contribution < -0.4 is 0 Å². The van der Waals surface area contributed by atoms with Crippen molar-refractivity contribution in [1.82, 2.24) is 9.47 Å². The first-order chi connectivity index (χ1) is 13.2. The Balaban J connectivity index is 1.79. The molecule has 1 unspecified atom stereocenters. The normalized spacial score (nSPS) is 17.5. The number of fused-ring (bicyclic) bond motifs is 3. The summed E-state index contributed by atoms with van der Waals surface area (Å²) in [6.45, 7) is 6.37. The van der Waals surface area contributed by atoms with Gasteiger partial charge in [0, 0.05) is 34.9 Å². The van der Waals surface area contributed by atoms with Gasteiger partial charge in [-0.1, -0.05) is 12.2 Å². The number of aromatic nitrogens is 1. The molecule has 0 bridgehead atoms. The predicted molar refractivity (Wildman–Crippen MR) is 105 cm³/mol. The van der Waals surface area contributed by atoms with E-state index in [1.807, 2.05) is 37.5 Å². The van der Waals surface area contributed by atoms with Crippen molar-refractivity contribution in [3.05, 3.63) is 60.2 Å². The van der Waals surface area contributed by atoms with E-state index in [0.29, 0.717) is 23.9 Å². The maximum Gasteiger partial charge on any atom is 0.410 e. The molecule has 28 heavy (non-hydrogen) atoms. The van der Waals surface area contributed by atoms with E-state index in [1.54, 1.807) is 17.0 Å². The summed E-state index contributed by atoms with van der Waals surface area (Å²) in [6.07, 6.45) is 3.56. The van der Waals surface area contributed by atoms with Crippen LogP contribution in [0, 0.1) is 11.6 Å². The maximum absolute atomic E-state index is 13.9. The number of benzene rings is 2. The van der Waals surface area contributed by atoms with Gasteiger partial charge in [0.25, 0.3) is 0 Å². The Bertz CT molecular complexity index is 1040. The molecule has 1 atom stereocenters. The number of ether oxygens (including phenoxy) is 1. The molecule has 0 radical (unpaired) electrons. The zero-order chi connectivity index (χ0) is 20.1. The molecular weight excluding hydrogens is 362 g/mol. The summed E-state index contributed by atoms with van der Waals surface area (Å²) in [7, 11) is 0. The summed E-state index contributed by atoms with van der Waals surface area (Å²) in [4.78, 5) is 14.1. The second-order valence-corrected chi connectivity index (χ2v) is 8.07. The summed E-state index contributed by atoms with van der Waals surface area (Å²) in [6, 6.07) is 8.86. The number of hydrogen-bond acceptors (Lipinski definition) is 2. The largest absolute Gasteiger partial charge is 0.444 e. The van der Waals surface area contributed by atoms with Crippen LogP contribution in [0.15, 0.2) is 48.6 Å². The van der Waals surface area contributed by atoms with Crippen molar-refractivity contribution in [3.63, 3.8) is 0 Å². The quantitative estimate of drug-likeness (QED) is 0.525. The van der Waals surface area contributed by atoms with Crippen LogP contribution in [0.3, 0.4) is 0 Å². The van der Waals surface area contributed by atoms with Crippen molar-refractivity contribution in [2.24, 2.45) is 0 Å². The topological polar surface area (TPSA) is 34.5 Å². The van der Waals surface area contributed by atoms with Crippen molar-refractivity contribution in [3.8, 4) is 0 Å². The fourth-order valence-corrected chi connectivity index (χ4v) is 3.70. The van der Waals surface area contributed by atoms with Crippen molar-refractivity contribution in [2.45, 2.75) is 32.4 Å². The number of carbonyl (C=O) groups excluding carboxylic acids is 1. The van der Waals surface area contributed by atoms with Gasteiger partial charge in [-0.25, -0.2) is 13.6 Å². The fourth-order valence-electron chi connectivity index (χ4n) is 3.70. The number of hydrogen-bond donors (Lipinski definition) is 0. The van der Waals surface area contributed by atoms with E-state index in [2.05, 4.69) is 0 Å². The van der Waals surface area contributed by atoms with Gasteiger partial charge >= 0.3 is 6.09 Å². The van der Waals surface area contributed by atoms with Crippen LogP contribution in [0.1, 0.15) is 26.8 Å². The molecule has 0 fully saturated rings. The summed E-state index contributed by atoms with van der Waals surface area (Å²) in [5, 5.41) is 1.30. The molecule has 1 aromatic heterocycles. The molecule has 4 nitrogen and oxygen atoms in total. The predicted octanol–water partition coefficient (Wildman–Crippen LogP) is 5.42. The van der Waals surface area contributed by atoms with Gasteiger partial charge in [-0.3, -0.25) is 0 Å². The van der Waals surface area contributed by atoms with Crippen LogP contribution in [0.5, 0.6) is 0 Å². The van der Waals surface area contributed by atoms with Crippen molar-refractivity contribution < 1.29 is 18.3 Å². The number of halogens is 2. The highest BCUT2D eigenvalue weighted by atomic mass is 19.1. The third kappa shape index (κ3) is 3.35. The van der Waals surface area contributed by atoms with Gasteiger partial charge in [-0.05, 0) is 57.2 Å². The lowest BCUT2D eigenvalue weighted by molar-refractivity contribution is 0.0249. The van der Waals surface area contributed by atoms with Crippen LogP contribution in [0.2, 0.25) is 0 Å². The van der Waals surface area contributed by atoms with E-state index in [-0.39, 0.29) is 23.8 Å². The van der Waals surface area contributed by atoms with Crippen LogP contribution in [-0.4, -0.2) is 34.3 Å². The van der Waals surface area contributed by atoms with E-state index < -0.39 is 5.60 Å². The van der Waals surface area contributed by atoms with Gasteiger partial charge in [0.15, 0.2) is 0 Å². The maximum atomic E-state index is 13.9. The fraction of sp³-hybridized carbons (Fsp3) is 0.318. The molecule has 1 aliphatic heterocycles. The minimum atomic E-state index is -0.574. The highest BCUT2D eigenvalue weighted by molar-refractivity contribution is 6.08. The van der Waals surface area contributed by atoms with Crippen LogP contribution in [0.25, 0.3) is 21.8 Å². The van der Waals surface area contributed by atoms with Crippen molar-refractivity contribution in [2.75, 3.05) is 13.1 Å². The molecule has 0 N–H and O–H groups in total. The van der Waals surface area contributed by atoms with Gasteiger partial charge in [0.05, 0.1) is 6.04 Å². The molecule has 146 valence electrons. The molecule has 2 heterocycles. The number of amides is 1. The number of rotatable bonds is 1. The molecule has 0 spiro atoms. The number of carbonyl (C=O) groups is 1. The molecule has 3 aromatic rings. The summed E-state index contributed by atoms with van der Waals surface area (Å²) < 4.78 is 35.2. The van der Waals surface area contributed by atoms with E-state index in [9.17, 15) is 13.6 Å². The lowest BCUT2D eigenvalue weighted by Crippen LogP contribution is -2.41. The summed E-state index contributed by atoms with van der Waals surface area (Å²) in [5.74, 6) is -0.740. The molecular formula is C22H22F2N2O2. The minimum Gasteiger partial charge on any atom is -0.444 e. The average molecular weight is 384 g/mol. The monoisotopic (exact) mass is 384 g/mol. The second kappa shape index (κ2) is 6.62. The van der Waals surface area contributed by atoms with Crippen LogP contribution in [0.4, 0.5) is 13.6 Å². The molecule has 1 amide bonds. The van der Waals surface area contributed by atoms with Gasteiger partial charge in [0.1, 0.15) is 17.2 Å². The molecule has 6 heteroatoms. The smallest absolute Gasteiger partial charge is 0.410 e. The van der Waals surface area contributed by atoms with Gasteiger partial charge < -0.3 is 14.2 Å². The Labute approximate surface area is 162 Å². The van der Waals surface area contributed by atoms with E-state index in [4.69, 9.17) is 4.74 Å². The van der Waals surface area contributed by atoms with Crippen molar-refractivity contribution in [1.29, 1.82) is 0 Å². The van der Waals surface area contributed by atoms with Crippen LogP contribution >= 0.6 is 0 Å². The first kappa shape index (κ1) is 18.5. The van der Waals surface area contributed by atoms with E-state index in [0.717, 1.165) is 11.0 Å². The molecule has 0 saturated heterocycles. The average Bonchev–Trinajstić information content (AvgIpc) is 2.93. The second-order valence-electron chi connectivity index (χ2n) is 8.07. The minimum absolute atomic E-state index is 0.169. The Morgan fingerprint density at radius 3 is 2.14 bits per heavy atom. The zero-order valence-electron chi connectivity index (χ0n) is 16.1. The Morgan fingerprint density at radius 1 is 1.04 bits per heavy atom. The Hall–Kier alpha value is -2.89. The Morgan fingerprint density at radius 2 is 1.61 bits per heavy atom. The van der Waals surface area contributed by atoms with Gasteiger partial charge in [0.2, 0.25) is 0 Å². The zero-order valence-corrected chi connectivity index (χ0v) is 16.1. The van der Waals surface area contributed by atoms with Gasteiger partial charge in [-0.2, -0.15) is 0 Å². The highest BCUT2D eigenvalue weighted by Gasteiger charge is 2.27. The molecule has 1 aliphatic rings. The first-order valence-corrected chi connectivity index (χ1v) is 9.26. The molecule has 0 saturated carbocycles. The summed E-state index contributed by atoms with van der Waals surface area (Å²) >= 11 is 0. The van der Waals surface area contributed by atoms with E-state index in [1.165, 1.54) is 24.3 Å².